The van der Waals surface area contributed by atoms with Crippen LogP contribution in [0.1, 0.15) is 142 Å². The van der Waals surface area contributed by atoms with Crippen molar-refractivity contribution in [3.05, 3.63) is 0 Å². The molecule has 4 heteroatoms. The van der Waals surface area contributed by atoms with Crippen LogP contribution in [0.15, 0.2) is 0 Å². The van der Waals surface area contributed by atoms with Crippen molar-refractivity contribution in [2.24, 2.45) is 0 Å². The summed E-state index contributed by atoms with van der Waals surface area (Å²) in [5, 5.41) is 28.4. The van der Waals surface area contributed by atoms with Gasteiger partial charge in [0, 0.05) is 6.42 Å². The highest BCUT2D eigenvalue weighted by molar-refractivity contribution is 5.66. The Morgan fingerprint density at radius 3 is 1.28 bits per heavy atom. The lowest BCUT2D eigenvalue weighted by molar-refractivity contribution is -0.137. The highest BCUT2D eigenvalue weighted by atomic mass is 16.4. The molecular formula is C25H50O4. The van der Waals surface area contributed by atoms with E-state index in [4.69, 9.17) is 5.11 Å². The lowest BCUT2D eigenvalue weighted by atomic mass is 10.0. The number of hydrogen-bond acceptors (Lipinski definition) is 3. The van der Waals surface area contributed by atoms with Gasteiger partial charge >= 0.3 is 5.97 Å². The minimum atomic E-state index is -0.670. The molecule has 0 bridgehead atoms. The molecule has 2 unspecified atom stereocenters. The third-order valence-corrected chi connectivity index (χ3v) is 5.90. The highest BCUT2D eigenvalue weighted by Crippen LogP contribution is 2.16. The van der Waals surface area contributed by atoms with Crippen LogP contribution in [0.3, 0.4) is 0 Å². The van der Waals surface area contributed by atoms with E-state index in [0.717, 1.165) is 57.8 Å². The Morgan fingerprint density at radius 1 is 0.552 bits per heavy atom. The van der Waals surface area contributed by atoms with Crippen LogP contribution < -0.4 is 0 Å². The molecule has 0 aromatic heterocycles. The maximum absolute atomic E-state index is 10.4. The predicted octanol–water partition coefficient (Wildman–Crippen LogP) is 7.00. The van der Waals surface area contributed by atoms with Crippen molar-refractivity contribution in [1.29, 1.82) is 0 Å². The molecule has 174 valence electrons. The van der Waals surface area contributed by atoms with Gasteiger partial charge in [0.05, 0.1) is 12.2 Å². The zero-order valence-electron chi connectivity index (χ0n) is 19.3. The molecule has 0 aliphatic carbocycles. The molecule has 0 heterocycles. The minimum absolute atomic E-state index is 0.228. The van der Waals surface area contributed by atoms with E-state index in [1.807, 2.05) is 0 Å². The molecule has 0 saturated carbocycles. The SMILES string of the molecule is CCCCC(O)CCC(O)CCCCCCCCCCCCCCCCC(=O)O. The molecular weight excluding hydrogens is 364 g/mol. The molecule has 0 amide bonds. The van der Waals surface area contributed by atoms with Crippen molar-refractivity contribution in [2.45, 2.75) is 154 Å². The summed E-state index contributed by atoms with van der Waals surface area (Å²) in [6.07, 6.45) is 22.5. The van der Waals surface area contributed by atoms with Crippen molar-refractivity contribution in [3.63, 3.8) is 0 Å². The highest BCUT2D eigenvalue weighted by Gasteiger charge is 2.08. The summed E-state index contributed by atoms with van der Waals surface area (Å²) in [4.78, 5) is 10.4. The second-order valence-corrected chi connectivity index (χ2v) is 8.91. The van der Waals surface area contributed by atoms with Crippen LogP contribution in [0.25, 0.3) is 0 Å². The summed E-state index contributed by atoms with van der Waals surface area (Å²) in [5.74, 6) is -0.670. The van der Waals surface area contributed by atoms with Crippen LogP contribution in [0, 0.1) is 0 Å². The van der Waals surface area contributed by atoms with Crippen LogP contribution in [-0.4, -0.2) is 33.5 Å². The molecule has 0 saturated heterocycles. The standard InChI is InChI=1S/C25H50O4/c1-2-3-18-23(26)21-22-24(27)19-16-14-12-10-8-6-4-5-7-9-11-13-15-17-20-25(28)29/h23-24,26-27H,2-22H2,1H3,(H,28,29). The lowest BCUT2D eigenvalue weighted by Crippen LogP contribution is -2.13. The van der Waals surface area contributed by atoms with Crippen LogP contribution in [-0.2, 0) is 4.79 Å². The third-order valence-electron chi connectivity index (χ3n) is 5.90. The number of rotatable bonds is 23. The van der Waals surface area contributed by atoms with E-state index in [1.165, 1.54) is 70.6 Å². The Labute approximate surface area is 180 Å². The fraction of sp³-hybridized carbons (Fsp3) is 0.960. The number of aliphatic carboxylic acids is 1. The first-order valence-corrected chi connectivity index (χ1v) is 12.6. The van der Waals surface area contributed by atoms with Gasteiger partial charge in [0.2, 0.25) is 0 Å². The van der Waals surface area contributed by atoms with Crippen molar-refractivity contribution in [3.8, 4) is 0 Å². The van der Waals surface area contributed by atoms with Gasteiger partial charge in [-0.3, -0.25) is 4.79 Å². The van der Waals surface area contributed by atoms with E-state index >= 15 is 0 Å². The second kappa shape index (κ2) is 22.1. The second-order valence-electron chi connectivity index (χ2n) is 8.91. The molecule has 3 N–H and O–H groups in total. The van der Waals surface area contributed by atoms with Crippen LogP contribution in [0.4, 0.5) is 0 Å². The van der Waals surface area contributed by atoms with Crippen molar-refractivity contribution >= 4 is 5.97 Å². The molecule has 0 aromatic rings. The largest absolute Gasteiger partial charge is 0.481 e. The van der Waals surface area contributed by atoms with Gasteiger partial charge in [-0.25, -0.2) is 0 Å². The zero-order chi connectivity index (χ0) is 21.6. The van der Waals surface area contributed by atoms with Crippen LogP contribution in [0.5, 0.6) is 0 Å². The normalized spacial score (nSPS) is 13.5. The van der Waals surface area contributed by atoms with E-state index in [-0.39, 0.29) is 12.2 Å². The quantitative estimate of drug-likeness (QED) is 0.157. The van der Waals surface area contributed by atoms with E-state index in [0.29, 0.717) is 6.42 Å². The van der Waals surface area contributed by atoms with Gasteiger partial charge in [-0.15, -0.1) is 0 Å². The average molecular weight is 415 g/mol. The number of carboxylic acids is 1. The first kappa shape index (κ1) is 28.4. The molecule has 0 aliphatic rings. The van der Waals surface area contributed by atoms with Gasteiger partial charge in [-0.05, 0) is 32.1 Å². The maximum atomic E-state index is 10.4. The Hall–Kier alpha value is -0.610. The summed E-state index contributed by atoms with van der Waals surface area (Å²) >= 11 is 0. The van der Waals surface area contributed by atoms with E-state index in [1.54, 1.807) is 0 Å². The Morgan fingerprint density at radius 2 is 0.897 bits per heavy atom. The summed E-state index contributed by atoms with van der Waals surface area (Å²) < 4.78 is 0. The molecule has 0 fully saturated rings. The molecule has 0 aliphatic heterocycles. The van der Waals surface area contributed by atoms with Gasteiger partial charge in [0.1, 0.15) is 0 Å². The van der Waals surface area contributed by atoms with Crippen molar-refractivity contribution < 1.29 is 20.1 Å². The Balaban J connectivity index is 3.19. The third kappa shape index (κ3) is 23.5. The lowest BCUT2D eigenvalue weighted by Gasteiger charge is -2.14. The van der Waals surface area contributed by atoms with E-state index in [2.05, 4.69) is 6.92 Å². The average Bonchev–Trinajstić information content (AvgIpc) is 2.70. The molecule has 0 aromatic carbocycles. The van der Waals surface area contributed by atoms with Gasteiger partial charge in [-0.2, -0.15) is 0 Å². The Kier molecular flexibility index (Phi) is 21.6. The fourth-order valence-electron chi connectivity index (χ4n) is 3.89. The summed E-state index contributed by atoms with van der Waals surface area (Å²) in [7, 11) is 0. The number of carboxylic acid groups (broad SMARTS) is 1. The van der Waals surface area contributed by atoms with E-state index < -0.39 is 5.97 Å². The molecule has 29 heavy (non-hydrogen) atoms. The van der Waals surface area contributed by atoms with Gasteiger partial charge in [0.15, 0.2) is 0 Å². The van der Waals surface area contributed by atoms with Crippen LogP contribution in [0.2, 0.25) is 0 Å². The Bertz CT molecular complexity index is 346. The molecule has 0 spiro atoms. The molecule has 4 nitrogen and oxygen atoms in total. The van der Waals surface area contributed by atoms with Crippen LogP contribution >= 0.6 is 0 Å². The number of hydrogen-bond donors (Lipinski definition) is 3. The molecule has 0 rings (SSSR count). The van der Waals surface area contributed by atoms with Gasteiger partial charge in [-0.1, -0.05) is 103 Å². The summed E-state index contributed by atoms with van der Waals surface area (Å²) in [5.41, 5.74) is 0. The fourth-order valence-corrected chi connectivity index (χ4v) is 3.89. The topological polar surface area (TPSA) is 77.8 Å². The van der Waals surface area contributed by atoms with Crippen molar-refractivity contribution in [1.82, 2.24) is 0 Å². The smallest absolute Gasteiger partial charge is 0.303 e. The van der Waals surface area contributed by atoms with E-state index in [9.17, 15) is 15.0 Å². The van der Waals surface area contributed by atoms with Crippen molar-refractivity contribution in [2.75, 3.05) is 0 Å². The van der Waals surface area contributed by atoms with Gasteiger partial charge < -0.3 is 15.3 Å². The molecule has 0 radical (unpaired) electrons. The summed E-state index contributed by atoms with van der Waals surface area (Å²) in [6.45, 7) is 2.14. The maximum Gasteiger partial charge on any atom is 0.303 e. The summed E-state index contributed by atoms with van der Waals surface area (Å²) in [6, 6.07) is 0. The number of unbranched alkanes of at least 4 members (excludes halogenated alkanes) is 14. The number of carbonyl (C=O) groups is 1. The zero-order valence-corrected chi connectivity index (χ0v) is 19.3. The number of aliphatic hydroxyl groups excluding tert-OH is 2. The minimum Gasteiger partial charge on any atom is -0.481 e. The van der Waals surface area contributed by atoms with Gasteiger partial charge in [0.25, 0.3) is 0 Å². The first-order valence-electron chi connectivity index (χ1n) is 12.6. The first-order chi connectivity index (χ1) is 14.1. The number of aliphatic hydroxyl groups is 2. The monoisotopic (exact) mass is 414 g/mol. The predicted molar refractivity (Wildman–Crippen MR) is 122 cm³/mol. The molecule has 2 atom stereocenters.